The lowest BCUT2D eigenvalue weighted by Crippen LogP contribution is -2.53. The van der Waals surface area contributed by atoms with Crippen LogP contribution in [0, 0.1) is 5.41 Å². The Morgan fingerprint density at radius 3 is 2.38 bits per heavy atom. The zero-order valence-electron chi connectivity index (χ0n) is 12.7. The Morgan fingerprint density at radius 2 is 1.67 bits per heavy atom. The first-order valence-electron chi connectivity index (χ1n) is 8.36. The normalized spacial score (nSPS) is 25.4. The van der Waals surface area contributed by atoms with E-state index in [1.54, 1.807) is 0 Å². The fourth-order valence-electron chi connectivity index (χ4n) is 4.91. The van der Waals surface area contributed by atoms with Crippen molar-refractivity contribution in [1.29, 1.82) is 0 Å². The number of nitrogens with two attached hydrogens (primary N) is 1. The second-order valence-electron chi connectivity index (χ2n) is 7.32. The van der Waals surface area contributed by atoms with Crippen molar-refractivity contribution < 1.29 is 9.47 Å². The average molecular weight is 287 g/mol. The third kappa shape index (κ3) is 2.13. The molecule has 0 atom stereocenters. The molecule has 114 valence electrons. The first kappa shape index (κ1) is 13.4. The molecule has 2 saturated carbocycles. The molecule has 2 fully saturated rings. The lowest BCUT2D eigenvalue weighted by atomic mass is 9.48. The smallest absolute Gasteiger partial charge is 0.231 e. The largest absolute Gasteiger partial charge is 0.454 e. The van der Waals surface area contributed by atoms with Gasteiger partial charge >= 0.3 is 0 Å². The fraction of sp³-hybridized carbons (Fsp3) is 0.667. The third-order valence-electron chi connectivity index (χ3n) is 5.97. The van der Waals surface area contributed by atoms with Gasteiger partial charge in [0.2, 0.25) is 6.79 Å². The van der Waals surface area contributed by atoms with Gasteiger partial charge in [0.05, 0.1) is 0 Å². The van der Waals surface area contributed by atoms with E-state index in [1.807, 2.05) is 6.07 Å². The molecule has 2 aliphatic carbocycles. The molecule has 1 heterocycles. The number of fused-ring (bicyclic) bond motifs is 1. The number of hydrogen-bond acceptors (Lipinski definition) is 3. The lowest BCUT2D eigenvalue weighted by Gasteiger charge is -2.57. The van der Waals surface area contributed by atoms with E-state index in [9.17, 15) is 0 Å². The van der Waals surface area contributed by atoms with Crippen LogP contribution in [0.3, 0.4) is 0 Å². The zero-order valence-corrected chi connectivity index (χ0v) is 12.7. The highest BCUT2D eigenvalue weighted by Gasteiger charge is 2.53. The van der Waals surface area contributed by atoms with Gasteiger partial charge in [-0.25, -0.2) is 0 Å². The van der Waals surface area contributed by atoms with Crippen molar-refractivity contribution >= 4 is 0 Å². The van der Waals surface area contributed by atoms with Crippen molar-refractivity contribution in [1.82, 2.24) is 0 Å². The summed E-state index contributed by atoms with van der Waals surface area (Å²) in [7, 11) is 0. The van der Waals surface area contributed by atoms with Crippen LogP contribution in [0.25, 0.3) is 0 Å². The average Bonchev–Trinajstić information content (AvgIpc) is 2.81. The van der Waals surface area contributed by atoms with Crippen LogP contribution in [0.15, 0.2) is 18.2 Å². The molecule has 0 radical (unpaired) electrons. The Kier molecular flexibility index (Phi) is 3.14. The van der Waals surface area contributed by atoms with Crippen LogP contribution in [0.5, 0.6) is 11.5 Å². The Hall–Kier alpha value is -1.22. The maximum Gasteiger partial charge on any atom is 0.231 e. The summed E-state index contributed by atoms with van der Waals surface area (Å²) in [5.41, 5.74) is 8.30. The predicted octanol–water partition coefficient (Wildman–Crippen LogP) is 3.75. The number of ether oxygens (including phenoxy) is 2. The molecule has 1 spiro atoms. The van der Waals surface area contributed by atoms with Crippen molar-refractivity contribution in [3.63, 3.8) is 0 Å². The molecular formula is C18H25NO2. The summed E-state index contributed by atoms with van der Waals surface area (Å²) in [5, 5.41) is 0. The lowest BCUT2D eigenvalue weighted by molar-refractivity contribution is 0.0112. The molecule has 4 rings (SSSR count). The Labute approximate surface area is 126 Å². The quantitative estimate of drug-likeness (QED) is 0.901. The van der Waals surface area contributed by atoms with Gasteiger partial charge in [-0.1, -0.05) is 31.7 Å². The molecule has 0 aromatic heterocycles. The van der Waals surface area contributed by atoms with Crippen LogP contribution < -0.4 is 15.2 Å². The minimum Gasteiger partial charge on any atom is -0.454 e. The highest BCUT2D eigenvalue weighted by Crippen LogP contribution is 2.61. The van der Waals surface area contributed by atoms with Crippen molar-refractivity contribution in [3.8, 4) is 11.5 Å². The van der Waals surface area contributed by atoms with Gasteiger partial charge in [-0.3, -0.25) is 0 Å². The minimum atomic E-state index is 0.172. The highest BCUT2D eigenvalue weighted by atomic mass is 16.7. The molecule has 0 unspecified atom stereocenters. The first-order valence-corrected chi connectivity index (χ1v) is 8.36. The van der Waals surface area contributed by atoms with E-state index < -0.39 is 0 Å². The number of rotatable bonds is 2. The van der Waals surface area contributed by atoms with Crippen LogP contribution in [0.4, 0.5) is 0 Å². The van der Waals surface area contributed by atoms with Gasteiger partial charge in [0, 0.05) is 12.0 Å². The van der Waals surface area contributed by atoms with Gasteiger partial charge in [-0.05, 0) is 48.8 Å². The molecule has 2 N–H and O–H groups in total. The Bertz CT molecular complexity index is 524. The van der Waals surface area contributed by atoms with E-state index >= 15 is 0 Å². The summed E-state index contributed by atoms with van der Waals surface area (Å²) in [4.78, 5) is 0. The van der Waals surface area contributed by atoms with Crippen LogP contribution >= 0.6 is 0 Å². The second kappa shape index (κ2) is 4.91. The molecule has 21 heavy (non-hydrogen) atoms. The summed E-state index contributed by atoms with van der Waals surface area (Å²) >= 11 is 0. The maximum atomic E-state index is 6.20. The fourth-order valence-corrected chi connectivity index (χ4v) is 4.91. The third-order valence-corrected chi connectivity index (χ3v) is 5.97. The monoisotopic (exact) mass is 287 g/mol. The van der Waals surface area contributed by atoms with Gasteiger partial charge in [-0.2, -0.15) is 0 Å². The molecule has 1 aromatic rings. The number of hydrogen-bond donors (Lipinski definition) is 1. The molecule has 0 bridgehead atoms. The summed E-state index contributed by atoms with van der Waals surface area (Å²) in [5.74, 6) is 1.76. The van der Waals surface area contributed by atoms with Gasteiger partial charge in [0.1, 0.15) is 0 Å². The van der Waals surface area contributed by atoms with Crippen molar-refractivity contribution in [2.75, 3.05) is 13.3 Å². The van der Waals surface area contributed by atoms with Crippen LogP contribution in [0.2, 0.25) is 0 Å². The Balaban J connectivity index is 1.58. The molecule has 3 heteroatoms. The molecule has 1 aromatic carbocycles. The maximum absolute atomic E-state index is 6.20. The van der Waals surface area contributed by atoms with E-state index in [0.29, 0.717) is 12.2 Å². The van der Waals surface area contributed by atoms with Crippen LogP contribution in [-0.2, 0) is 5.41 Å². The predicted molar refractivity (Wildman–Crippen MR) is 82.7 cm³/mol. The van der Waals surface area contributed by atoms with Crippen molar-refractivity contribution in [3.05, 3.63) is 23.8 Å². The molecule has 1 aliphatic heterocycles. The van der Waals surface area contributed by atoms with E-state index in [1.165, 1.54) is 56.9 Å². The summed E-state index contributed by atoms with van der Waals surface area (Å²) in [6.45, 7) is 1.09. The van der Waals surface area contributed by atoms with Gasteiger partial charge in [-0.15, -0.1) is 0 Å². The van der Waals surface area contributed by atoms with Crippen molar-refractivity contribution in [2.24, 2.45) is 11.1 Å². The van der Waals surface area contributed by atoms with E-state index in [4.69, 9.17) is 15.2 Å². The first-order chi connectivity index (χ1) is 10.3. The molecule has 3 nitrogen and oxygen atoms in total. The molecule has 3 aliphatic rings. The summed E-state index contributed by atoms with van der Waals surface area (Å²) < 4.78 is 11.0. The van der Waals surface area contributed by atoms with Gasteiger partial charge < -0.3 is 15.2 Å². The van der Waals surface area contributed by atoms with Crippen LogP contribution in [-0.4, -0.2) is 13.3 Å². The summed E-state index contributed by atoms with van der Waals surface area (Å²) in [6, 6.07) is 6.41. The van der Waals surface area contributed by atoms with Crippen molar-refractivity contribution in [2.45, 2.75) is 56.8 Å². The number of benzene rings is 1. The molecule has 0 saturated heterocycles. The SMILES string of the molecule is NCC1(c2ccc3c(c2)OCO3)CC2(CCCCCC2)C1. The highest BCUT2D eigenvalue weighted by molar-refractivity contribution is 5.47. The van der Waals surface area contributed by atoms with Crippen LogP contribution in [0.1, 0.15) is 56.9 Å². The van der Waals surface area contributed by atoms with E-state index in [2.05, 4.69) is 12.1 Å². The Morgan fingerprint density at radius 1 is 0.952 bits per heavy atom. The minimum absolute atomic E-state index is 0.172. The second-order valence-corrected chi connectivity index (χ2v) is 7.32. The zero-order chi connectivity index (χ0) is 14.3. The molecular weight excluding hydrogens is 262 g/mol. The topological polar surface area (TPSA) is 44.5 Å². The van der Waals surface area contributed by atoms with E-state index in [0.717, 1.165) is 18.0 Å². The standard InChI is InChI=1S/C18H25NO2/c19-12-18(10-17(11-18)7-3-1-2-4-8-17)14-5-6-15-16(9-14)21-13-20-15/h5-6,9H,1-4,7-8,10-13,19H2. The molecule has 0 amide bonds. The van der Waals surface area contributed by atoms with Gasteiger partial charge in [0.15, 0.2) is 11.5 Å². The van der Waals surface area contributed by atoms with E-state index in [-0.39, 0.29) is 5.41 Å². The van der Waals surface area contributed by atoms with Gasteiger partial charge in [0.25, 0.3) is 0 Å². The summed E-state index contributed by atoms with van der Waals surface area (Å²) in [6.07, 6.45) is 11.0.